The summed E-state index contributed by atoms with van der Waals surface area (Å²) in [6, 6.07) is 9.31. The Labute approximate surface area is 179 Å². The third kappa shape index (κ3) is 4.85. The summed E-state index contributed by atoms with van der Waals surface area (Å²) in [6.07, 6.45) is 0. The quantitative estimate of drug-likeness (QED) is 0.519. The SMILES string of the molecule is CCOC(=O)[C@H]1/C(=C\S(=O)(=O)c2ccc(F)cc2)NC(=O)N[C@H]1c1ccccc1OC. The molecule has 1 saturated heterocycles. The van der Waals surface area contributed by atoms with Crippen molar-refractivity contribution in [3.05, 3.63) is 71.0 Å². The summed E-state index contributed by atoms with van der Waals surface area (Å²) in [5.74, 6) is -2.11. The van der Waals surface area contributed by atoms with E-state index < -0.39 is 39.6 Å². The topological polar surface area (TPSA) is 111 Å². The fraction of sp³-hybridized carbons (Fsp3) is 0.238. The minimum Gasteiger partial charge on any atom is -0.496 e. The molecule has 0 radical (unpaired) electrons. The molecule has 0 aromatic heterocycles. The highest BCUT2D eigenvalue weighted by molar-refractivity contribution is 7.94. The molecule has 31 heavy (non-hydrogen) atoms. The number of carbonyl (C=O) groups excluding carboxylic acids is 2. The lowest BCUT2D eigenvalue weighted by Gasteiger charge is -2.34. The van der Waals surface area contributed by atoms with Crippen LogP contribution in [-0.2, 0) is 19.4 Å². The molecule has 0 saturated carbocycles. The van der Waals surface area contributed by atoms with Crippen LogP contribution in [0.4, 0.5) is 9.18 Å². The van der Waals surface area contributed by atoms with Gasteiger partial charge in [0.15, 0.2) is 0 Å². The van der Waals surface area contributed by atoms with E-state index in [0.717, 1.165) is 29.7 Å². The lowest BCUT2D eigenvalue weighted by Crippen LogP contribution is -2.51. The van der Waals surface area contributed by atoms with Gasteiger partial charge in [-0.2, -0.15) is 0 Å². The monoisotopic (exact) mass is 448 g/mol. The van der Waals surface area contributed by atoms with Gasteiger partial charge in [0.1, 0.15) is 17.5 Å². The van der Waals surface area contributed by atoms with Gasteiger partial charge in [-0.25, -0.2) is 17.6 Å². The van der Waals surface area contributed by atoms with Gasteiger partial charge in [-0.1, -0.05) is 18.2 Å². The van der Waals surface area contributed by atoms with Crippen LogP contribution < -0.4 is 15.4 Å². The maximum absolute atomic E-state index is 13.2. The van der Waals surface area contributed by atoms with Gasteiger partial charge in [-0.05, 0) is 37.3 Å². The summed E-state index contributed by atoms with van der Waals surface area (Å²) < 4.78 is 49.4. The van der Waals surface area contributed by atoms with Gasteiger partial charge in [0.2, 0.25) is 9.84 Å². The number of halogens is 1. The van der Waals surface area contributed by atoms with Crippen LogP contribution in [0.2, 0.25) is 0 Å². The molecule has 2 aromatic rings. The molecule has 2 aromatic carbocycles. The summed E-state index contributed by atoms with van der Waals surface area (Å²) >= 11 is 0. The smallest absolute Gasteiger partial charge is 0.319 e. The number of para-hydroxylation sites is 1. The van der Waals surface area contributed by atoms with E-state index in [2.05, 4.69) is 10.6 Å². The molecule has 8 nitrogen and oxygen atoms in total. The molecule has 1 fully saturated rings. The van der Waals surface area contributed by atoms with Crippen molar-refractivity contribution in [2.45, 2.75) is 17.9 Å². The average molecular weight is 448 g/mol. The second kappa shape index (κ2) is 9.17. The maximum Gasteiger partial charge on any atom is 0.319 e. The van der Waals surface area contributed by atoms with Crippen molar-refractivity contribution in [1.29, 1.82) is 0 Å². The minimum atomic E-state index is -4.11. The fourth-order valence-corrected chi connectivity index (χ4v) is 4.48. The number of hydrogen-bond donors (Lipinski definition) is 2. The Kier molecular flexibility index (Phi) is 6.59. The number of carbonyl (C=O) groups is 2. The van der Waals surface area contributed by atoms with Crippen LogP contribution in [0.25, 0.3) is 0 Å². The van der Waals surface area contributed by atoms with E-state index in [1.165, 1.54) is 7.11 Å². The Morgan fingerprint density at radius 1 is 1.16 bits per heavy atom. The van der Waals surface area contributed by atoms with Crippen LogP contribution in [0, 0.1) is 11.7 Å². The number of methoxy groups -OCH3 is 1. The number of rotatable bonds is 6. The summed E-state index contributed by atoms with van der Waals surface area (Å²) in [5.41, 5.74) is 0.311. The Morgan fingerprint density at radius 3 is 2.48 bits per heavy atom. The van der Waals surface area contributed by atoms with Crippen molar-refractivity contribution < 1.29 is 31.9 Å². The van der Waals surface area contributed by atoms with Crippen LogP contribution in [0.5, 0.6) is 5.75 Å². The van der Waals surface area contributed by atoms with E-state index >= 15 is 0 Å². The van der Waals surface area contributed by atoms with Gasteiger partial charge in [0, 0.05) is 11.3 Å². The van der Waals surface area contributed by atoms with Gasteiger partial charge in [0.05, 0.1) is 30.1 Å². The first-order valence-electron chi connectivity index (χ1n) is 9.36. The van der Waals surface area contributed by atoms with E-state index in [1.807, 2.05) is 0 Å². The third-order valence-electron chi connectivity index (χ3n) is 4.65. The standard InChI is InChI=1S/C21H21FN2O6S/c1-3-30-20(25)18-16(12-31(27,28)14-10-8-13(22)9-11-14)23-21(26)24-19(18)15-6-4-5-7-17(15)29-2/h4-12,18-19H,3H2,1-2H3,(H2,23,24,26)/b16-12+/t18-,19-/m0/s1. The van der Waals surface area contributed by atoms with Crippen LogP contribution >= 0.6 is 0 Å². The van der Waals surface area contributed by atoms with Crippen molar-refractivity contribution in [2.75, 3.05) is 13.7 Å². The highest BCUT2D eigenvalue weighted by atomic mass is 32.2. The molecule has 0 unspecified atom stereocenters. The largest absolute Gasteiger partial charge is 0.496 e. The van der Waals surface area contributed by atoms with Crippen molar-refractivity contribution >= 4 is 21.8 Å². The molecule has 2 N–H and O–H groups in total. The molecule has 1 aliphatic rings. The zero-order chi connectivity index (χ0) is 22.6. The second-order valence-corrected chi connectivity index (χ2v) is 8.42. The molecule has 10 heteroatoms. The Morgan fingerprint density at radius 2 is 1.84 bits per heavy atom. The molecule has 2 amide bonds. The fourth-order valence-electron chi connectivity index (χ4n) is 3.29. The van der Waals surface area contributed by atoms with E-state index in [1.54, 1.807) is 31.2 Å². The van der Waals surface area contributed by atoms with Crippen LogP contribution in [-0.4, -0.2) is 34.1 Å². The average Bonchev–Trinajstić information content (AvgIpc) is 2.73. The molecule has 3 rings (SSSR count). The third-order valence-corrected chi connectivity index (χ3v) is 6.15. The van der Waals surface area contributed by atoms with Gasteiger partial charge in [-0.15, -0.1) is 0 Å². The number of urea groups is 1. The first-order valence-corrected chi connectivity index (χ1v) is 10.9. The summed E-state index contributed by atoms with van der Waals surface area (Å²) in [6.45, 7) is 1.67. The van der Waals surface area contributed by atoms with Crippen LogP contribution in [0.3, 0.4) is 0 Å². The minimum absolute atomic E-state index is 0.0555. The van der Waals surface area contributed by atoms with Crippen LogP contribution in [0.1, 0.15) is 18.5 Å². The molecular weight excluding hydrogens is 427 g/mol. The molecule has 0 aliphatic carbocycles. The van der Waals surface area contributed by atoms with Crippen molar-refractivity contribution in [3.8, 4) is 5.75 Å². The van der Waals surface area contributed by atoms with Gasteiger partial charge >= 0.3 is 12.0 Å². The Bertz CT molecular complexity index is 1110. The number of ether oxygens (including phenoxy) is 2. The van der Waals surface area contributed by atoms with Gasteiger partial charge in [0.25, 0.3) is 0 Å². The van der Waals surface area contributed by atoms with Crippen molar-refractivity contribution in [2.24, 2.45) is 5.92 Å². The zero-order valence-corrected chi connectivity index (χ0v) is 17.6. The summed E-state index contributed by atoms with van der Waals surface area (Å²) in [4.78, 5) is 25.0. The summed E-state index contributed by atoms with van der Waals surface area (Å²) in [7, 11) is -2.67. The number of esters is 1. The Balaban J connectivity index is 2.12. The molecule has 0 spiro atoms. The number of sulfone groups is 1. The lowest BCUT2D eigenvalue weighted by atomic mass is 9.88. The van der Waals surface area contributed by atoms with E-state index in [9.17, 15) is 22.4 Å². The van der Waals surface area contributed by atoms with Gasteiger partial charge in [-0.3, -0.25) is 4.79 Å². The number of hydrogen-bond acceptors (Lipinski definition) is 6. The zero-order valence-electron chi connectivity index (χ0n) is 16.8. The number of benzene rings is 2. The maximum atomic E-state index is 13.2. The van der Waals surface area contributed by atoms with E-state index in [4.69, 9.17) is 9.47 Å². The first-order chi connectivity index (χ1) is 14.8. The molecular formula is C21H21FN2O6S. The van der Waals surface area contributed by atoms with Crippen LogP contribution in [0.15, 0.2) is 64.5 Å². The number of nitrogens with one attached hydrogen (secondary N) is 2. The second-order valence-electron chi connectivity index (χ2n) is 6.62. The van der Waals surface area contributed by atoms with Crippen molar-refractivity contribution in [1.82, 2.24) is 10.6 Å². The predicted octanol–water partition coefficient (Wildman–Crippen LogP) is 2.68. The molecule has 1 heterocycles. The molecule has 0 bridgehead atoms. The highest BCUT2D eigenvalue weighted by Crippen LogP contribution is 2.36. The molecule has 2 atom stereocenters. The highest BCUT2D eigenvalue weighted by Gasteiger charge is 2.41. The molecule has 1 aliphatic heterocycles. The van der Waals surface area contributed by atoms with Crippen molar-refractivity contribution in [3.63, 3.8) is 0 Å². The normalized spacial score (nSPS) is 20.0. The Hall–Kier alpha value is -3.40. The predicted molar refractivity (Wildman–Crippen MR) is 109 cm³/mol. The van der Waals surface area contributed by atoms with E-state index in [0.29, 0.717) is 11.3 Å². The first kappa shape index (κ1) is 22.3. The summed E-state index contributed by atoms with van der Waals surface area (Å²) in [5, 5.41) is 5.83. The lowest BCUT2D eigenvalue weighted by molar-refractivity contribution is -0.147. The van der Waals surface area contributed by atoms with Gasteiger partial charge < -0.3 is 20.1 Å². The molecule has 164 valence electrons. The number of amides is 2. The van der Waals surface area contributed by atoms with E-state index in [-0.39, 0.29) is 17.2 Å².